The fraction of sp³-hybridized carbons (Fsp3) is 0.500. The highest BCUT2D eigenvalue weighted by atomic mass is 19.1. The van der Waals surface area contributed by atoms with Crippen LogP contribution in [0, 0.1) is 0 Å². The molecule has 2 aromatic heterocycles. The number of halogens is 2. The van der Waals surface area contributed by atoms with E-state index in [1.165, 1.54) is 23.2 Å². The van der Waals surface area contributed by atoms with Crippen LogP contribution in [0.4, 0.5) is 14.5 Å². The van der Waals surface area contributed by atoms with E-state index in [0.717, 1.165) is 0 Å². The number of fused-ring (bicyclic) bond motifs is 1. The summed E-state index contributed by atoms with van der Waals surface area (Å²) in [5.74, 6) is 0. The monoisotopic (exact) mass is 300 g/mol. The number of nitrogens with zero attached hydrogens (tertiary/aromatic N) is 3. The summed E-state index contributed by atoms with van der Waals surface area (Å²) < 4.78 is 33.9. The van der Waals surface area contributed by atoms with Gasteiger partial charge in [-0.15, -0.1) is 0 Å². The Morgan fingerprint density at radius 2 is 2.24 bits per heavy atom. The summed E-state index contributed by atoms with van der Waals surface area (Å²) in [7, 11) is 0. The molecule has 4 N–H and O–H groups in total. The van der Waals surface area contributed by atoms with E-state index in [4.69, 9.17) is 10.5 Å². The maximum Gasteiger partial charge on any atom is 0.174 e. The lowest BCUT2D eigenvalue weighted by atomic mass is 9.98. The van der Waals surface area contributed by atoms with Gasteiger partial charge >= 0.3 is 0 Å². The lowest BCUT2D eigenvalue weighted by Gasteiger charge is -2.25. The summed E-state index contributed by atoms with van der Waals surface area (Å²) in [5.41, 5.74) is 4.71. The Hall–Kier alpha value is -1.84. The molecule has 1 fully saturated rings. The number of hydrogen-bond donors (Lipinski definition) is 3. The van der Waals surface area contributed by atoms with Gasteiger partial charge < -0.3 is 20.7 Å². The molecule has 7 nitrogen and oxygen atoms in total. The Kier molecular flexibility index (Phi) is 3.27. The third-order valence-corrected chi connectivity index (χ3v) is 3.73. The molecule has 114 valence electrons. The first-order valence-corrected chi connectivity index (χ1v) is 6.28. The molecule has 3 rings (SSSR count). The van der Waals surface area contributed by atoms with E-state index in [-0.39, 0.29) is 5.65 Å². The molecule has 1 saturated heterocycles. The van der Waals surface area contributed by atoms with Crippen LogP contribution in [0.15, 0.2) is 18.6 Å². The Bertz CT molecular complexity index is 661. The van der Waals surface area contributed by atoms with E-state index in [0.29, 0.717) is 11.2 Å². The molecule has 0 amide bonds. The molecule has 0 spiro atoms. The fourth-order valence-corrected chi connectivity index (χ4v) is 2.45. The highest BCUT2D eigenvalue weighted by Gasteiger charge is 2.56. The molecule has 0 aromatic carbocycles. The smallest absolute Gasteiger partial charge is 0.174 e. The first-order chi connectivity index (χ1) is 10.0. The molecule has 0 radical (unpaired) electrons. The van der Waals surface area contributed by atoms with Gasteiger partial charge in [0, 0.05) is 6.20 Å². The molecular weight excluding hydrogens is 286 g/mol. The average Bonchev–Trinajstić information content (AvgIpc) is 3.02. The lowest BCUT2D eigenvalue weighted by molar-refractivity contribution is -0.136. The maximum absolute atomic E-state index is 14.3. The summed E-state index contributed by atoms with van der Waals surface area (Å²) in [6, 6.07) is 1.54. The normalized spacial score (nSPS) is 32.9. The zero-order valence-corrected chi connectivity index (χ0v) is 10.9. The van der Waals surface area contributed by atoms with E-state index in [2.05, 4.69) is 9.97 Å². The number of aliphatic hydroxyl groups is 2. The lowest BCUT2D eigenvalue weighted by Crippen LogP contribution is -2.47. The van der Waals surface area contributed by atoms with Crippen molar-refractivity contribution in [2.45, 2.75) is 24.1 Å². The molecule has 0 unspecified atom stereocenters. The Morgan fingerprint density at radius 1 is 1.48 bits per heavy atom. The average molecular weight is 300 g/mol. The highest BCUT2D eigenvalue weighted by Crippen LogP contribution is 2.40. The van der Waals surface area contributed by atoms with Crippen molar-refractivity contribution in [3.8, 4) is 0 Å². The van der Waals surface area contributed by atoms with Crippen LogP contribution in [0.25, 0.3) is 11.2 Å². The zero-order chi connectivity index (χ0) is 15.2. The first-order valence-electron chi connectivity index (χ1n) is 6.28. The van der Waals surface area contributed by atoms with Crippen LogP contribution in [-0.4, -0.2) is 55.9 Å². The van der Waals surface area contributed by atoms with Crippen molar-refractivity contribution in [2.75, 3.05) is 19.0 Å². The molecule has 0 aliphatic carbocycles. The molecule has 4 atom stereocenters. The van der Waals surface area contributed by atoms with Gasteiger partial charge in [0.2, 0.25) is 0 Å². The van der Waals surface area contributed by atoms with Gasteiger partial charge in [0.1, 0.15) is 18.3 Å². The van der Waals surface area contributed by atoms with E-state index < -0.39 is 37.4 Å². The van der Waals surface area contributed by atoms with Crippen LogP contribution < -0.4 is 5.73 Å². The number of nitrogens with two attached hydrogens (primary N) is 1. The summed E-state index contributed by atoms with van der Waals surface area (Å²) in [4.78, 5) is 8.05. The SMILES string of the molecule is Nc1ccnc2c1ncn2[C@@H]1O[C@@](CO)(CF)[C@@H](O)[C@H]1F. The first kappa shape index (κ1) is 14.1. The fourth-order valence-electron chi connectivity index (χ4n) is 2.45. The number of ether oxygens (including phenoxy) is 1. The topological polar surface area (TPSA) is 106 Å². The number of aliphatic hydroxyl groups excluding tert-OH is 2. The molecule has 3 heterocycles. The standard InChI is InChI=1S/C12H14F2N4O3/c13-3-12(4-19)9(20)7(14)11(21-12)18-5-17-8-6(15)1-2-16-10(8)18/h1-2,5,7,9,11,19-20H,3-4H2,(H2,15,16)/t7-,9+,11-,12-/m1/s1. The minimum Gasteiger partial charge on any atom is -0.397 e. The molecule has 0 saturated carbocycles. The molecule has 0 bridgehead atoms. The third-order valence-electron chi connectivity index (χ3n) is 3.73. The highest BCUT2D eigenvalue weighted by molar-refractivity contribution is 5.83. The minimum absolute atomic E-state index is 0.252. The van der Waals surface area contributed by atoms with Gasteiger partial charge in [-0.25, -0.2) is 18.7 Å². The van der Waals surface area contributed by atoms with Gasteiger partial charge in [-0.2, -0.15) is 0 Å². The van der Waals surface area contributed by atoms with E-state index in [1.54, 1.807) is 0 Å². The van der Waals surface area contributed by atoms with Crippen molar-refractivity contribution in [1.29, 1.82) is 0 Å². The summed E-state index contributed by atoms with van der Waals surface area (Å²) >= 11 is 0. The van der Waals surface area contributed by atoms with Gasteiger partial charge in [0.05, 0.1) is 18.6 Å². The number of hydrogen-bond acceptors (Lipinski definition) is 6. The quantitative estimate of drug-likeness (QED) is 0.733. The van der Waals surface area contributed by atoms with Crippen molar-refractivity contribution >= 4 is 16.9 Å². The van der Waals surface area contributed by atoms with Crippen LogP contribution in [-0.2, 0) is 4.74 Å². The predicted octanol–water partition coefficient (Wildman–Crippen LogP) is -0.0581. The van der Waals surface area contributed by atoms with E-state index in [1.807, 2.05) is 0 Å². The van der Waals surface area contributed by atoms with Gasteiger partial charge in [-0.1, -0.05) is 0 Å². The number of rotatable bonds is 3. The van der Waals surface area contributed by atoms with Gasteiger partial charge in [-0.05, 0) is 6.07 Å². The largest absolute Gasteiger partial charge is 0.397 e. The van der Waals surface area contributed by atoms with Crippen molar-refractivity contribution < 1.29 is 23.7 Å². The van der Waals surface area contributed by atoms with Gasteiger partial charge in [-0.3, -0.25) is 4.57 Å². The molecule has 21 heavy (non-hydrogen) atoms. The van der Waals surface area contributed by atoms with E-state index in [9.17, 15) is 19.0 Å². The second kappa shape index (κ2) is 4.86. The second-order valence-corrected chi connectivity index (χ2v) is 4.98. The minimum atomic E-state index is -1.99. The van der Waals surface area contributed by atoms with Gasteiger partial charge in [0.15, 0.2) is 23.6 Å². The van der Waals surface area contributed by atoms with E-state index >= 15 is 0 Å². The van der Waals surface area contributed by atoms with Crippen molar-refractivity contribution in [2.24, 2.45) is 0 Å². The van der Waals surface area contributed by atoms with Gasteiger partial charge in [0.25, 0.3) is 0 Å². The number of anilines is 1. The van der Waals surface area contributed by atoms with Crippen molar-refractivity contribution in [3.05, 3.63) is 18.6 Å². The molecular formula is C12H14F2N4O3. The van der Waals surface area contributed by atoms with Crippen LogP contribution in [0.2, 0.25) is 0 Å². The maximum atomic E-state index is 14.3. The molecule has 9 heteroatoms. The zero-order valence-electron chi connectivity index (χ0n) is 10.9. The molecule has 1 aliphatic heterocycles. The number of pyridine rings is 1. The van der Waals surface area contributed by atoms with Crippen LogP contribution in [0.1, 0.15) is 6.23 Å². The predicted molar refractivity (Wildman–Crippen MR) is 68.8 cm³/mol. The molecule has 2 aromatic rings. The number of imidazole rings is 1. The summed E-state index contributed by atoms with van der Waals surface area (Å²) in [6.07, 6.45) is -2.40. The number of aromatic nitrogens is 3. The summed E-state index contributed by atoms with van der Waals surface area (Å²) in [5, 5.41) is 19.1. The van der Waals surface area contributed by atoms with Crippen LogP contribution in [0.3, 0.4) is 0 Å². The molecule has 1 aliphatic rings. The van der Waals surface area contributed by atoms with Crippen molar-refractivity contribution in [3.63, 3.8) is 0 Å². The van der Waals surface area contributed by atoms with Crippen molar-refractivity contribution in [1.82, 2.24) is 14.5 Å². The number of nitrogen functional groups attached to an aromatic ring is 1. The Balaban J connectivity index is 2.06. The number of alkyl halides is 2. The Morgan fingerprint density at radius 3 is 2.86 bits per heavy atom. The Labute approximate surface area is 118 Å². The second-order valence-electron chi connectivity index (χ2n) is 4.98. The van der Waals surface area contributed by atoms with Crippen LogP contribution in [0.5, 0.6) is 0 Å². The third kappa shape index (κ3) is 1.88. The summed E-state index contributed by atoms with van der Waals surface area (Å²) in [6.45, 7) is -2.06. The van der Waals surface area contributed by atoms with Crippen LogP contribution >= 0.6 is 0 Å².